The second-order valence-electron chi connectivity index (χ2n) is 5.36. The molecule has 1 aromatic carbocycles. The van der Waals surface area contributed by atoms with Gasteiger partial charge in [-0.2, -0.15) is 0 Å². The van der Waals surface area contributed by atoms with Gasteiger partial charge in [-0.1, -0.05) is 6.07 Å². The Morgan fingerprint density at radius 2 is 2.06 bits per heavy atom. The number of nitrogens with one attached hydrogen (secondary N) is 2. The number of carbonyl (C=O) groups excluding carboxylic acids is 1. The van der Waals surface area contributed by atoms with Crippen molar-refractivity contribution in [2.24, 2.45) is 0 Å². The van der Waals surface area contributed by atoms with Crippen LogP contribution in [-0.4, -0.2) is 18.5 Å². The molecule has 1 saturated carbocycles. The third-order valence-corrected chi connectivity index (χ3v) is 3.72. The summed E-state index contributed by atoms with van der Waals surface area (Å²) in [5, 5.41) is 6.34. The van der Waals surface area contributed by atoms with Crippen LogP contribution in [-0.2, 0) is 17.6 Å². The summed E-state index contributed by atoms with van der Waals surface area (Å²) in [6, 6.07) is 7.05. The van der Waals surface area contributed by atoms with Crippen molar-refractivity contribution in [3.63, 3.8) is 0 Å². The van der Waals surface area contributed by atoms with Crippen LogP contribution < -0.4 is 10.6 Å². The average molecular weight is 244 g/mol. The molecule has 0 spiro atoms. The predicted molar refractivity (Wildman–Crippen MR) is 72.7 cm³/mol. The van der Waals surface area contributed by atoms with Crippen molar-refractivity contribution < 1.29 is 4.79 Å². The Bertz CT molecular complexity index is 452. The van der Waals surface area contributed by atoms with E-state index in [-0.39, 0.29) is 5.91 Å². The summed E-state index contributed by atoms with van der Waals surface area (Å²) < 4.78 is 0. The first-order valence-corrected chi connectivity index (χ1v) is 6.96. The summed E-state index contributed by atoms with van der Waals surface area (Å²) in [6.07, 6.45) is 6.58. The SMILES string of the molecule is O=C(CCNc1ccc2c(c1)CCC2)NC1CC1. The standard InChI is InChI=1S/C15H20N2O/c18-15(17-13-6-7-13)8-9-16-14-5-4-11-2-1-3-12(11)10-14/h4-5,10,13,16H,1-3,6-9H2,(H,17,18). The molecule has 2 aliphatic rings. The van der Waals surface area contributed by atoms with Gasteiger partial charge in [0.2, 0.25) is 5.91 Å². The molecule has 0 aliphatic heterocycles. The summed E-state index contributed by atoms with van der Waals surface area (Å²) in [6.45, 7) is 0.720. The van der Waals surface area contributed by atoms with Gasteiger partial charge in [0.05, 0.1) is 0 Å². The van der Waals surface area contributed by atoms with Gasteiger partial charge in [-0.25, -0.2) is 0 Å². The first-order chi connectivity index (χ1) is 8.81. The van der Waals surface area contributed by atoms with Crippen molar-refractivity contribution in [2.45, 2.75) is 44.6 Å². The van der Waals surface area contributed by atoms with Crippen molar-refractivity contribution in [3.8, 4) is 0 Å². The Balaban J connectivity index is 1.46. The highest BCUT2D eigenvalue weighted by atomic mass is 16.1. The number of anilines is 1. The van der Waals surface area contributed by atoms with Crippen molar-refractivity contribution in [1.29, 1.82) is 0 Å². The van der Waals surface area contributed by atoms with Gasteiger partial charge in [-0.3, -0.25) is 4.79 Å². The molecule has 1 aromatic rings. The zero-order valence-corrected chi connectivity index (χ0v) is 10.7. The van der Waals surface area contributed by atoms with Crippen LogP contribution in [0.5, 0.6) is 0 Å². The van der Waals surface area contributed by atoms with Gasteiger partial charge in [0.25, 0.3) is 0 Å². The fourth-order valence-electron chi connectivity index (χ4n) is 2.53. The number of rotatable bonds is 5. The van der Waals surface area contributed by atoms with Gasteiger partial charge in [0.1, 0.15) is 0 Å². The highest BCUT2D eigenvalue weighted by molar-refractivity contribution is 5.77. The second kappa shape index (κ2) is 5.01. The van der Waals surface area contributed by atoms with Crippen LogP contribution in [0.25, 0.3) is 0 Å². The number of fused-ring (bicyclic) bond motifs is 1. The van der Waals surface area contributed by atoms with E-state index in [9.17, 15) is 4.79 Å². The van der Waals surface area contributed by atoms with E-state index in [1.807, 2.05) is 0 Å². The van der Waals surface area contributed by atoms with Crippen LogP contribution in [0.4, 0.5) is 5.69 Å². The number of aryl methyl sites for hydroxylation is 2. The van der Waals surface area contributed by atoms with E-state index >= 15 is 0 Å². The third-order valence-electron chi connectivity index (χ3n) is 3.72. The second-order valence-corrected chi connectivity index (χ2v) is 5.36. The molecule has 2 N–H and O–H groups in total. The Kier molecular flexibility index (Phi) is 3.22. The summed E-state index contributed by atoms with van der Waals surface area (Å²) in [5.74, 6) is 0.172. The molecular formula is C15H20N2O. The van der Waals surface area contributed by atoms with Crippen LogP contribution in [0.2, 0.25) is 0 Å². The fraction of sp³-hybridized carbons (Fsp3) is 0.533. The molecule has 3 nitrogen and oxygen atoms in total. The van der Waals surface area contributed by atoms with E-state index in [1.165, 1.54) is 30.4 Å². The molecule has 0 heterocycles. The van der Waals surface area contributed by atoms with E-state index < -0.39 is 0 Å². The maximum atomic E-state index is 11.5. The Morgan fingerprint density at radius 3 is 2.89 bits per heavy atom. The first-order valence-electron chi connectivity index (χ1n) is 6.96. The zero-order chi connectivity index (χ0) is 12.4. The molecular weight excluding hydrogens is 224 g/mol. The fourth-order valence-corrected chi connectivity index (χ4v) is 2.53. The van der Waals surface area contributed by atoms with Crippen molar-refractivity contribution in [2.75, 3.05) is 11.9 Å². The van der Waals surface area contributed by atoms with Crippen molar-refractivity contribution in [3.05, 3.63) is 29.3 Å². The van der Waals surface area contributed by atoms with E-state index in [1.54, 1.807) is 0 Å². The lowest BCUT2D eigenvalue weighted by atomic mass is 10.1. The molecule has 0 saturated heterocycles. The van der Waals surface area contributed by atoms with Gasteiger partial charge in [0.15, 0.2) is 0 Å². The lowest BCUT2D eigenvalue weighted by Gasteiger charge is -2.08. The molecule has 1 fully saturated rings. The molecule has 0 bridgehead atoms. The summed E-state index contributed by atoms with van der Waals surface area (Å²) in [7, 11) is 0. The minimum atomic E-state index is 0.172. The zero-order valence-electron chi connectivity index (χ0n) is 10.7. The molecule has 0 aromatic heterocycles. The highest BCUT2D eigenvalue weighted by Gasteiger charge is 2.22. The minimum absolute atomic E-state index is 0.172. The van der Waals surface area contributed by atoms with Gasteiger partial charge in [-0.05, 0) is 55.4 Å². The van der Waals surface area contributed by atoms with Crippen LogP contribution in [0.15, 0.2) is 18.2 Å². The number of benzene rings is 1. The van der Waals surface area contributed by atoms with E-state index in [0.717, 1.165) is 25.1 Å². The lowest BCUT2D eigenvalue weighted by molar-refractivity contribution is -0.120. The van der Waals surface area contributed by atoms with Gasteiger partial charge < -0.3 is 10.6 Å². The highest BCUT2D eigenvalue weighted by Crippen LogP contribution is 2.24. The average Bonchev–Trinajstić information content (AvgIpc) is 3.05. The van der Waals surface area contributed by atoms with E-state index in [0.29, 0.717) is 12.5 Å². The number of carbonyl (C=O) groups is 1. The largest absolute Gasteiger partial charge is 0.385 e. The molecule has 0 unspecified atom stereocenters. The Labute approximate surface area is 108 Å². The summed E-state index contributed by atoms with van der Waals surface area (Å²) in [4.78, 5) is 11.5. The van der Waals surface area contributed by atoms with Gasteiger partial charge in [-0.15, -0.1) is 0 Å². The smallest absolute Gasteiger partial charge is 0.221 e. The van der Waals surface area contributed by atoms with Crippen LogP contribution in [0.1, 0.15) is 36.8 Å². The molecule has 96 valence electrons. The normalized spacial score (nSPS) is 17.3. The summed E-state index contributed by atoms with van der Waals surface area (Å²) >= 11 is 0. The quantitative estimate of drug-likeness (QED) is 0.834. The van der Waals surface area contributed by atoms with Gasteiger partial charge in [0, 0.05) is 24.7 Å². The first kappa shape index (κ1) is 11.6. The van der Waals surface area contributed by atoms with Crippen LogP contribution in [0, 0.1) is 0 Å². The Morgan fingerprint density at radius 1 is 1.22 bits per heavy atom. The third kappa shape index (κ3) is 2.84. The molecule has 0 atom stereocenters. The molecule has 2 aliphatic carbocycles. The van der Waals surface area contributed by atoms with Crippen LogP contribution >= 0.6 is 0 Å². The molecule has 3 rings (SSSR count). The van der Waals surface area contributed by atoms with Crippen molar-refractivity contribution >= 4 is 11.6 Å². The predicted octanol–water partition coefficient (Wildman–Crippen LogP) is 2.26. The molecule has 0 radical (unpaired) electrons. The van der Waals surface area contributed by atoms with E-state index in [2.05, 4.69) is 28.8 Å². The maximum absolute atomic E-state index is 11.5. The van der Waals surface area contributed by atoms with Crippen molar-refractivity contribution in [1.82, 2.24) is 5.32 Å². The topological polar surface area (TPSA) is 41.1 Å². The minimum Gasteiger partial charge on any atom is -0.385 e. The molecule has 18 heavy (non-hydrogen) atoms. The van der Waals surface area contributed by atoms with Crippen LogP contribution in [0.3, 0.4) is 0 Å². The summed E-state index contributed by atoms with van der Waals surface area (Å²) in [5.41, 5.74) is 4.12. The molecule has 3 heteroatoms. The number of amides is 1. The molecule has 1 amide bonds. The monoisotopic (exact) mass is 244 g/mol. The number of hydrogen-bond acceptors (Lipinski definition) is 2. The maximum Gasteiger partial charge on any atom is 0.221 e. The van der Waals surface area contributed by atoms with Gasteiger partial charge >= 0.3 is 0 Å². The van der Waals surface area contributed by atoms with E-state index in [4.69, 9.17) is 0 Å². The Hall–Kier alpha value is -1.51. The number of hydrogen-bond donors (Lipinski definition) is 2. The lowest BCUT2D eigenvalue weighted by Crippen LogP contribution is -2.27.